The molecule has 0 spiro atoms. The maximum Gasteiger partial charge on any atom is 0.256 e. The van der Waals surface area contributed by atoms with Crippen LogP contribution in [0.1, 0.15) is 16.7 Å². The molecule has 0 amide bonds. The summed E-state index contributed by atoms with van der Waals surface area (Å²) in [4.78, 5) is 30.2. The van der Waals surface area contributed by atoms with Gasteiger partial charge in [-0.3, -0.25) is 0 Å². The topological polar surface area (TPSA) is 108 Å². The van der Waals surface area contributed by atoms with E-state index >= 15 is 0 Å². The highest BCUT2D eigenvalue weighted by Gasteiger charge is 2.57. The highest BCUT2D eigenvalue weighted by Crippen LogP contribution is 2.51. The molecular weight excluding hydrogens is 791 g/mol. The smallest absolute Gasteiger partial charge is 0.256 e. The molecule has 13 heteroatoms. The Kier molecular flexibility index (Phi) is 6.53. The van der Waals surface area contributed by atoms with Crippen LogP contribution in [0.2, 0.25) is 0 Å². The molecule has 0 aliphatic carbocycles. The Morgan fingerprint density at radius 3 is 1.02 bits per heavy atom. The molecule has 64 heavy (non-hydrogen) atoms. The van der Waals surface area contributed by atoms with Crippen molar-refractivity contribution in [1.29, 1.82) is 0 Å². The molecule has 0 atom stereocenters. The number of rotatable bonds is 3. The van der Waals surface area contributed by atoms with Crippen molar-refractivity contribution in [2.24, 2.45) is 0 Å². The number of anilines is 3. The number of hydrogen-bond donors (Lipinski definition) is 0. The molecule has 6 aliphatic heterocycles. The lowest BCUT2D eigenvalue weighted by Crippen LogP contribution is -2.73. The Morgan fingerprint density at radius 1 is 0.391 bits per heavy atom. The average Bonchev–Trinajstić information content (AvgIpc) is 3.33. The van der Waals surface area contributed by atoms with Crippen LogP contribution in [-0.4, -0.2) is 50.0 Å². The number of aromatic nitrogens is 6. The molecule has 0 N–H and O–H groups in total. The van der Waals surface area contributed by atoms with Crippen LogP contribution in [0.4, 0.5) is 17.1 Å². The van der Waals surface area contributed by atoms with Gasteiger partial charge in [0.1, 0.15) is 53.5 Å². The van der Waals surface area contributed by atoms with Crippen molar-refractivity contribution in [3.05, 3.63) is 145 Å². The second kappa shape index (κ2) is 12.1. The van der Waals surface area contributed by atoms with Crippen molar-refractivity contribution >= 4 is 86.4 Å². The molecule has 3 aromatic heterocycles. The molecule has 10 nitrogen and oxygen atoms in total. The highest BCUT2D eigenvalue weighted by molar-refractivity contribution is 7.07. The summed E-state index contributed by atoms with van der Waals surface area (Å²) < 4.78 is 21.7. The third kappa shape index (κ3) is 4.33. The van der Waals surface area contributed by atoms with Crippen molar-refractivity contribution < 1.29 is 14.2 Å². The van der Waals surface area contributed by atoms with Crippen molar-refractivity contribution in [3.63, 3.8) is 0 Å². The minimum atomic E-state index is -0.217. The van der Waals surface area contributed by atoms with Crippen molar-refractivity contribution in [1.82, 2.24) is 29.9 Å². The summed E-state index contributed by atoms with van der Waals surface area (Å²) in [7, 11) is 0. The first-order valence-corrected chi connectivity index (χ1v) is 21.6. The predicted molar refractivity (Wildman–Crippen MR) is 252 cm³/mol. The van der Waals surface area contributed by atoms with Crippen LogP contribution in [0.25, 0.3) is 33.8 Å². The zero-order valence-electron chi connectivity index (χ0n) is 34.7. The van der Waals surface area contributed by atoms with Gasteiger partial charge in [-0.2, -0.15) is 0 Å². The summed E-state index contributed by atoms with van der Waals surface area (Å²) in [5, 5.41) is 0. The Bertz CT molecular complexity index is 3240. The van der Waals surface area contributed by atoms with E-state index in [2.05, 4.69) is 113 Å². The second-order valence-corrected chi connectivity index (χ2v) is 17.7. The summed E-state index contributed by atoms with van der Waals surface area (Å²) >= 11 is 0. The zero-order chi connectivity index (χ0) is 42.1. The van der Waals surface area contributed by atoms with Crippen LogP contribution in [0.15, 0.2) is 129 Å². The van der Waals surface area contributed by atoms with Gasteiger partial charge in [0.25, 0.3) is 20.1 Å². The molecular formula is C51H30B3N7O3. The second-order valence-electron chi connectivity index (χ2n) is 17.7. The third-order valence-electron chi connectivity index (χ3n) is 14.1. The van der Waals surface area contributed by atoms with Gasteiger partial charge in [0.05, 0.1) is 17.1 Å². The van der Waals surface area contributed by atoms with E-state index in [0.29, 0.717) is 0 Å². The van der Waals surface area contributed by atoms with E-state index < -0.39 is 0 Å². The quantitative estimate of drug-likeness (QED) is 0.240. The molecule has 0 saturated heterocycles. The monoisotopic (exact) mass is 821 g/mol. The maximum atomic E-state index is 7.24. The summed E-state index contributed by atoms with van der Waals surface area (Å²) in [6.07, 6.45) is 10.3. The van der Waals surface area contributed by atoms with Crippen molar-refractivity contribution in [2.75, 3.05) is 4.90 Å². The van der Waals surface area contributed by atoms with Gasteiger partial charge in [-0.25, -0.2) is 29.9 Å². The van der Waals surface area contributed by atoms with E-state index in [4.69, 9.17) is 29.2 Å². The Morgan fingerprint density at radius 2 is 0.719 bits per heavy atom. The van der Waals surface area contributed by atoms with Gasteiger partial charge in [0.15, 0.2) is 0 Å². The van der Waals surface area contributed by atoms with Crippen LogP contribution in [0, 0.1) is 20.8 Å². The van der Waals surface area contributed by atoms with Gasteiger partial charge in [0, 0.05) is 52.3 Å². The van der Waals surface area contributed by atoms with Crippen molar-refractivity contribution in [3.8, 4) is 68.3 Å². The molecule has 0 radical (unpaired) electrons. The molecule has 0 fully saturated rings. The van der Waals surface area contributed by atoms with Crippen LogP contribution >= 0.6 is 0 Å². The number of aryl methyl sites for hydroxylation is 3. The van der Waals surface area contributed by atoms with E-state index in [-0.39, 0.29) is 20.1 Å². The number of ether oxygens (including phenoxy) is 3. The summed E-state index contributed by atoms with van der Waals surface area (Å²) in [6.45, 7) is 5.82. The lowest BCUT2D eigenvalue weighted by Gasteiger charge is -2.52. The number of hydrogen-bond acceptors (Lipinski definition) is 10. The minimum absolute atomic E-state index is 0.217. The molecule has 0 bridgehead atoms. The van der Waals surface area contributed by atoms with Gasteiger partial charge in [0.2, 0.25) is 0 Å². The predicted octanol–water partition coefficient (Wildman–Crippen LogP) is 4.26. The van der Waals surface area contributed by atoms with Crippen molar-refractivity contribution in [2.45, 2.75) is 20.8 Å². The van der Waals surface area contributed by atoms with E-state index in [1.54, 1.807) is 37.6 Å². The molecule has 0 unspecified atom stereocenters. The average molecular weight is 821 g/mol. The fraction of sp³-hybridized carbons (Fsp3) is 0.0588. The van der Waals surface area contributed by atoms with Crippen LogP contribution in [0.5, 0.6) is 34.5 Å². The van der Waals surface area contributed by atoms with E-state index in [0.717, 1.165) is 151 Å². The van der Waals surface area contributed by atoms with E-state index in [1.807, 2.05) is 18.2 Å². The Hall–Kier alpha value is -8.05. The first-order valence-electron chi connectivity index (χ1n) is 21.6. The molecule has 15 rings (SSSR count). The SMILES string of the molecule is Cc1ccc2c(c1)B1c3cc(-c4ccncn4)c4c5c3N3c6c(cc(-c7ccncn7)c(c61)O2)B1c2cc(C)ccc2Oc2c(-c6ccncn6)cc(c3c21)B5c1cc(C)ccc1O4. The first-order chi connectivity index (χ1) is 31.5. The van der Waals surface area contributed by atoms with Crippen LogP contribution < -0.4 is 68.3 Å². The third-order valence-corrected chi connectivity index (χ3v) is 14.1. The molecule has 6 aliphatic rings. The normalized spacial score (nSPS) is 14.1. The number of nitrogens with zero attached hydrogens (tertiary/aromatic N) is 7. The molecule has 6 aromatic carbocycles. The molecule has 0 saturated carbocycles. The molecule has 9 aromatic rings. The zero-order valence-corrected chi connectivity index (χ0v) is 34.7. The minimum Gasteiger partial charge on any atom is -0.458 e. The lowest BCUT2D eigenvalue weighted by atomic mass is 9.25. The fourth-order valence-corrected chi connectivity index (χ4v) is 11.6. The summed E-state index contributed by atoms with van der Waals surface area (Å²) in [5.41, 5.74) is 22.0. The van der Waals surface area contributed by atoms with Crippen LogP contribution in [0.3, 0.4) is 0 Å². The Labute approximate surface area is 368 Å². The van der Waals surface area contributed by atoms with Gasteiger partial charge in [-0.15, -0.1) is 0 Å². The van der Waals surface area contributed by atoms with Crippen LogP contribution in [-0.2, 0) is 0 Å². The first kappa shape index (κ1) is 34.5. The van der Waals surface area contributed by atoms with Gasteiger partial charge >= 0.3 is 0 Å². The fourth-order valence-electron chi connectivity index (χ4n) is 11.6. The van der Waals surface area contributed by atoms with Gasteiger partial charge in [-0.1, -0.05) is 71.3 Å². The number of benzene rings is 6. The van der Waals surface area contributed by atoms with E-state index in [9.17, 15) is 0 Å². The highest BCUT2D eigenvalue weighted by atomic mass is 16.5. The van der Waals surface area contributed by atoms with E-state index in [1.165, 1.54) is 0 Å². The molecule has 296 valence electrons. The Balaban J connectivity index is 1.18. The summed E-state index contributed by atoms with van der Waals surface area (Å²) in [5.74, 6) is 4.86. The number of fused-ring (bicyclic) bond motifs is 9. The lowest BCUT2D eigenvalue weighted by molar-refractivity contribution is 0.488. The largest absolute Gasteiger partial charge is 0.458 e. The maximum absolute atomic E-state index is 7.24. The summed E-state index contributed by atoms with van der Waals surface area (Å²) in [6, 6.07) is 32.6. The van der Waals surface area contributed by atoms with Gasteiger partial charge in [-0.05, 0) is 106 Å². The standard InChI is InChI=1S/C51H30B3N7O3/c1-25-4-7-40-31(16-25)52-34-19-28(37-10-13-55-22-58-37)50-44-46(34)61-47-35(20-29(49(62-40)43(47)52)38-11-14-56-23-59-38)53-32-17-26(2)5-8-41(32)64-51-30(39-12-15-57-24-60-39)21-36(48(61)45(51)53)54(44)33-18-27(3)6-9-42(33)63-50/h4-24H,1-3H3. The van der Waals surface area contributed by atoms with Gasteiger partial charge < -0.3 is 19.1 Å². The molecule has 9 heterocycles.